The Kier molecular flexibility index (Phi) is 7.37. The molecule has 6 heteroatoms. The molecule has 0 bridgehead atoms. The lowest BCUT2D eigenvalue weighted by atomic mass is 9.91. The van der Waals surface area contributed by atoms with Crippen LogP contribution in [0, 0.1) is 5.41 Å². The lowest BCUT2D eigenvalue weighted by Gasteiger charge is -2.22. The molecule has 2 aromatic carbocycles. The Labute approximate surface area is 159 Å². The van der Waals surface area contributed by atoms with Crippen LogP contribution >= 0.6 is 0 Å². The van der Waals surface area contributed by atoms with Gasteiger partial charge in [-0.3, -0.25) is 9.59 Å². The van der Waals surface area contributed by atoms with Crippen LogP contribution in [0.25, 0.3) is 0 Å². The Bertz CT molecular complexity index is 743. The van der Waals surface area contributed by atoms with Crippen LogP contribution in [0.5, 0.6) is 11.5 Å². The fraction of sp³-hybridized carbons (Fsp3) is 0.333. The van der Waals surface area contributed by atoms with Crippen molar-refractivity contribution >= 4 is 17.5 Å². The van der Waals surface area contributed by atoms with Crippen LogP contribution in [0.3, 0.4) is 0 Å². The van der Waals surface area contributed by atoms with Crippen LogP contribution in [-0.2, 0) is 14.3 Å². The lowest BCUT2D eigenvalue weighted by Crippen LogP contribution is -2.45. The number of ether oxygens (including phenoxy) is 2. The van der Waals surface area contributed by atoms with Gasteiger partial charge in [0.1, 0.15) is 16.9 Å². The zero-order valence-corrected chi connectivity index (χ0v) is 16.0. The van der Waals surface area contributed by atoms with E-state index in [9.17, 15) is 9.59 Å². The molecular weight excluding hydrogens is 344 g/mol. The summed E-state index contributed by atoms with van der Waals surface area (Å²) in [5.41, 5.74) is -0.590. The quantitative estimate of drug-likeness (QED) is 0.522. The van der Waals surface area contributed by atoms with Crippen molar-refractivity contribution in [1.82, 2.24) is 5.32 Å². The van der Waals surface area contributed by atoms with Crippen LogP contribution in [-0.4, -0.2) is 32.1 Å². The van der Waals surface area contributed by atoms with Crippen LogP contribution < -0.4 is 15.4 Å². The van der Waals surface area contributed by atoms with Gasteiger partial charge in [-0.25, -0.2) is 0 Å². The van der Waals surface area contributed by atoms with E-state index in [0.29, 0.717) is 31.0 Å². The highest BCUT2D eigenvalue weighted by Crippen LogP contribution is 2.24. The molecule has 0 aliphatic rings. The second-order valence-corrected chi connectivity index (χ2v) is 6.62. The van der Waals surface area contributed by atoms with Crippen molar-refractivity contribution in [3.63, 3.8) is 0 Å². The predicted octanol–water partition coefficient (Wildman–Crippen LogP) is 3.60. The molecule has 0 aromatic heterocycles. The van der Waals surface area contributed by atoms with Gasteiger partial charge in [0, 0.05) is 25.9 Å². The minimum absolute atomic E-state index is 0.319. The van der Waals surface area contributed by atoms with E-state index in [1.807, 2.05) is 30.3 Å². The molecule has 0 saturated carbocycles. The van der Waals surface area contributed by atoms with E-state index in [1.54, 1.807) is 45.2 Å². The van der Waals surface area contributed by atoms with E-state index in [-0.39, 0.29) is 11.8 Å². The van der Waals surface area contributed by atoms with Gasteiger partial charge in [-0.15, -0.1) is 0 Å². The predicted molar refractivity (Wildman–Crippen MR) is 105 cm³/mol. The largest absolute Gasteiger partial charge is 0.457 e. The normalized spacial score (nSPS) is 10.9. The third kappa shape index (κ3) is 6.11. The summed E-state index contributed by atoms with van der Waals surface area (Å²) in [6, 6.07) is 16.4. The van der Waals surface area contributed by atoms with Crippen LogP contribution in [0.1, 0.15) is 20.3 Å². The second kappa shape index (κ2) is 9.73. The molecule has 0 atom stereocenters. The van der Waals surface area contributed by atoms with Gasteiger partial charge in [0.2, 0.25) is 11.8 Å². The summed E-state index contributed by atoms with van der Waals surface area (Å²) in [5, 5.41) is 5.54. The molecular formula is C21H26N2O4. The van der Waals surface area contributed by atoms with Crippen LogP contribution in [0.15, 0.2) is 54.6 Å². The Morgan fingerprint density at radius 1 is 0.926 bits per heavy atom. The van der Waals surface area contributed by atoms with E-state index in [4.69, 9.17) is 9.47 Å². The van der Waals surface area contributed by atoms with Crippen molar-refractivity contribution in [1.29, 1.82) is 0 Å². The Morgan fingerprint density at radius 2 is 1.56 bits per heavy atom. The maximum atomic E-state index is 12.5. The van der Waals surface area contributed by atoms with Gasteiger partial charge in [0.15, 0.2) is 0 Å². The molecule has 2 N–H and O–H groups in total. The highest BCUT2D eigenvalue weighted by atomic mass is 16.5. The zero-order valence-electron chi connectivity index (χ0n) is 16.0. The third-order valence-electron chi connectivity index (χ3n) is 4.04. The highest BCUT2D eigenvalue weighted by Gasteiger charge is 2.35. The molecule has 0 saturated heterocycles. The van der Waals surface area contributed by atoms with E-state index in [0.717, 1.165) is 5.75 Å². The number of benzene rings is 2. The fourth-order valence-electron chi connectivity index (χ4n) is 2.26. The summed E-state index contributed by atoms with van der Waals surface area (Å²) >= 11 is 0. The van der Waals surface area contributed by atoms with Gasteiger partial charge in [-0.1, -0.05) is 18.2 Å². The molecule has 0 aliphatic carbocycles. The number of carbonyl (C=O) groups excluding carboxylic acids is 2. The van der Waals surface area contributed by atoms with Gasteiger partial charge in [-0.2, -0.15) is 0 Å². The molecule has 2 rings (SSSR count). The van der Waals surface area contributed by atoms with Gasteiger partial charge >= 0.3 is 0 Å². The average molecular weight is 370 g/mol. The van der Waals surface area contributed by atoms with Gasteiger partial charge in [0.05, 0.1) is 0 Å². The van der Waals surface area contributed by atoms with E-state index >= 15 is 0 Å². The number of carbonyl (C=O) groups is 2. The molecule has 2 aromatic rings. The van der Waals surface area contributed by atoms with E-state index < -0.39 is 5.41 Å². The Balaban J connectivity index is 1.91. The van der Waals surface area contributed by atoms with Crippen LogP contribution in [0.2, 0.25) is 0 Å². The number of anilines is 1. The smallest absolute Gasteiger partial charge is 0.239 e. The van der Waals surface area contributed by atoms with Gasteiger partial charge in [0.25, 0.3) is 0 Å². The summed E-state index contributed by atoms with van der Waals surface area (Å²) in [7, 11) is 1.61. The number of rotatable bonds is 9. The van der Waals surface area contributed by atoms with Crippen molar-refractivity contribution in [2.45, 2.75) is 20.3 Å². The highest BCUT2D eigenvalue weighted by molar-refractivity contribution is 6.09. The average Bonchev–Trinajstić information content (AvgIpc) is 2.67. The molecule has 0 aliphatic heterocycles. The number of amides is 2. The Morgan fingerprint density at radius 3 is 2.19 bits per heavy atom. The van der Waals surface area contributed by atoms with Crippen molar-refractivity contribution in [2.75, 3.05) is 25.6 Å². The molecule has 6 nitrogen and oxygen atoms in total. The van der Waals surface area contributed by atoms with Crippen molar-refractivity contribution < 1.29 is 19.1 Å². The lowest BCUT2D eigenvalue weighted by molar-refractivity contribution is -0.138. The topological polar surface area (TPSA) is 76.7 Å². The number of hydrogen-bond donors (Lipinski definition) is 2. The van der Waals surface area contributed by atoms with Crippen molar-refractivity contribution in [3.05, 3.63) is 54.6 Å². The van der Waals surface area contributed by atoms with Gasteiger partial charge < -0.3 is 20.1 Å². The number of methoxy groups -OCH3 is 1. The van der Waals surface area contributed by atoms with Crippen LogP contribution in [0.4, 0.5) is 5.69 Å². The summed E-state index contributed by atoms with van der Waals surface area (Å²) in [4.78, 5) is 24.8. The SMILES string of the molecule is COCCCNC(=O)C(C)(C)C(=O)Nc1ccc(Oc2ccccc2)cc1. The Hall–Kier alpha value is -2.86. The number of nitrogens with one attached hydrogen (secondary N) is 2. The van der Waals surface area contributed by atoms with E-state index in [1.165, 1.54) is 0 Å². The molecule has 144 valence electrons. The van der Waals surface area contributed by atoms with Gasteiger partial charge in [-0.05, 0) is 56.7 Å². The summed E-state index contributed by atoms with van der Waals surface area (Å²) < 4.78 is 10.7. The first kappa shape index (κ1) is 20.5. The molecule has 0 unspecified atom stereocenters. The minimum atomic E-state index is -1.19. The molecule has 2 amide bonds. The first-order chi connectivity index (χ1) is 12.9. The first-order valence-electron chi connectivity index (χ1n) is 8.85. The summed E-state index contributed by atoms with van der Waals surface area (Å²) in [6.45, 7) is 4.22. The third-order valence-corrected chi connectivity index (χ3v) is 4.04. The standard InChI is InChI=1S/C21H26N2O4/c1-21(2,19(24)22-14-7-15-26-3)20(25)23-16-10-12-18(13-11-16)27-17-8-5-4-6-9-17/h4-6,8-13H,7,14-15H2,1-3H3,(H,22,24)(H,23,25). The first-order valence-corrected chi connectivity index (χ1v) is 8.85. The molecule has 0 radical (unpaired) electrons. The van der Waals surface area contributed by atoms with E-state index in [2.05, 4.69) is 10.6 Å². The molecule has 0 heterocycles. The summed E-state index contributed by atoms with van der Waals surface area (Å²) in [6.07, 6.45) is 0.697. The fourth-order valence-corrected chi connectivity index (χ4v) is 2.26. The monoisotopic (exact) mass is 370 g/mol. The second-order valence-electron chi connectivity index (χ2n) is 6.62. The zero-order chi connectivity index (χ0) is 19.7. The summed E-state index contributed by atoms with van der Waals surface area (Å²) in [5.74, 6) is 0.707. The van der Waals surface area contributed by atoms with Crippen molar-refractivity contribution in [2.24, 2.45) is 5.41 Å². The minimum Gasteiger partial charge on any atom is -0.457 e. The molecule has 0 fully saturated rings. The number of hydrogen-bond acceptors (Lipinski definition) is 4. The molecule has 27 heavy (non-hydrogen) atoms. The molecule has 0 spiro atoms. The van der Waals surface area contributed by atoms with Crippen molar-refractivity contribution in [3.8, 4) is 11.5 Å². The maximum Gasteiger partial charge on any atom is 0.239 e. The number of para-hydroxylation sites is 1. The maximum absolute atomic E-state index is 12.5.